The Bertz CT molecular complexity index is 540. The topological polar surface area (TPSA) is 49.4 Å². The summed E-state index contributed by atoms with van der Waals surface area (Å²) in [5.41, 5.74) is 0.488. The third-order valence-corrected chi connectivity index (χ3v) is 5.62. The number of nitrogens with zero attached hydrogens (tertiary/aromatic N) is 1. The van der Waals surface area contributed by atoms with Crippen LogP contribution >= 0.6 is 0 Å². The van der Waals surface area contributed by atoms with E-state index in [1.165, 1.54) is 6.07 Å². The maximum absolute atomic E-state index is 13.5. The zero-order chi connectivity index (χ0) is 14.6. The van der Waals surface area contributed by atoms with Gasteiger partial charge in [0.1, 0.15) is 5.82 Å². The van der Waals surface area contributed by atoms with Crippen LogP contribution in [0.5, 0.6) is 0 Å². The predicted molar refractivity (Wildman–Crippen MR) is 78.7 cm³/mol. The van der Waals surface area contributed by atoms with Crippen molar-refractivity contribution in [3.8, 4) is 0 Å². The zero-order valence-corrected chi connectivity index (χ0v) is 12.5. The molecule has 1 aliphatic heterocycles. The van der Waals surface area contributed by atoms with E-state index in [1.807, 2.05) is 6.92 Å². The Balaban J connectivity index is 1.91. The second kappa shape index (κ2) is 6.54. The molecule has 1 saturated heterocycles. The summed E-state index contributed by atoms with van der Waals surface area (Å²) in [6.45, 7) is 2.88. The molecule has 0 unspecified atom stereocenters. The number of piperidine rings is 1. The fourth-order valence-corrected chi connectivity index (χ4v) is 4.00. The number of hydrogen-bond acceptors (Lipinski definition) is 3. The van der Waals surface area contributed by atoms with E-state index in [4.69, 9.17) is 0 Å². The predicted octanol–water partition coefficient (Wildman–Crippen LogP) is 2.44. The molecule has 0 aliphatic carbocycles. The van der Waals surface area contributed by atoms with Crippen molar-refractivity contribution in [1.82, 2.24) is 4.31 Å². The number of nitrogens with one attached hydrogen (secondary N) is 1. The van der Waals surface area contributed by atoms with Crippen molar-refractivity contribution in [3.63, 3.8) is 0 Å². The van der Waals surface area contributed by atoms with Gasteiger partial charge < -0.3 is 5.32 Å². The Morgan fingerprint density at radius 2 is 1.95 bits per heavy atom. The summed E-state index contributed by atoms with van der Waals surface area (Å²) >= 11 is 0. The largest absolute Gasteiger partial charge is 0.380 e. The van der Waals surface area contributed by atoms with Gasteiger partial charge in [-0.25, -0.2) is 17.1 Å². The monoisotopic (exact) mass is 300 g/mol. The van der Waals surface area contributed by atoms with Gasteiger partial charge in [-0.15, -0.1) is 0 Å². The first-order chi connectivity index (χ1) is 9.53. The highest BCUT2D eigenvalue weighted by molar-refractivity contribution is 7.89. The summed E-state index contributed by atoms with van der Waals surface area (Å²) in [4.78, 5) is 0. The molecule has 0 atom stereocenters. The van der Waals surface area contributed by atoms with E-state index in [-0.39, 0.29) is 17.6 Å². The lowest BCUT2D eigenvalue weighted by Crippen LogP contribution is -2.43. The third kappa shape index (κ3) is 3.70. The molecule has 0 aromatic heterocycles. The Morgan fingerprint density at radius 3 is 2.55 bits per heavy atom. The van der Waals surface area contributed by atoms with Crippen LogP contribution in [0, 0.1) is 5.82 Å². The van der Waals surface area contributed by atoms with Crippen LogP contribution in [0.1, 0.15) is 26.2 Å². The fraction of sp³-hybridized carbons (Fsp3) is 0.571. The molecule has 0 amide bonds. The molecule has 1 aliphatic rings. The first-order valence-electron chi connectivity index (χ1n) is 7.02. The van der Waals surface area contributed by atoms with Crippen LogP contribution in [0.25, 0.3) is 0 Å². The maximum atomic E-state index is 13.5. The van der Waals surface area contributed by atoms with Gasteiger partial charge in [0.15, 0.2) is 0 Å². The number of anilines is 1. The van der Waals surface area contributed by atoms with Gasteiger partial charge in [0.25, 0.3) is 0 Å². The minimum atomic E-state index is -3.11. The average Bonchev–Trinajstić information content (AvgIpc) is 2.42. The second-order valence-electron chi connectivity index (χ2n) is 5.11. The van der Waals surface area contributed by atoms with Crippen molar-refractivity contribution >= 4 is 15.7 Å². The number of hydrogen-bond donors (Lipinski definition) is 1. The lowest BCUT2D eigenvalue weighted by molar-refractivity contribution is 0.329. The molecular formula is C14H21FN2O2S. The summed E-state index contributed by atoms with van der Waals surface area (Å²) in [6, 6.07) is 6.69. The standard InChI is InChI=1S/C14H21FN2O2S/c1-2-11-20(18,19)17-9-7-12(8-10-17)16-14-6-4-3-5-13(14)15/h3-6,12,16H,2,7-11H2,1H3. The zero-order valence-electron chi connectivity index (χ0n) is 11.7. The molecule has 1 N–H and O–H groups in total. The van der Waals surface area contributed by atoms with Gasteiger partial charge in [0.05, 0.1) is 11.4 Å². The van der Waals surface area contributed by atoms with Crippen molar-refractivity contribution in [1.29, 1.82) is 0 Å². The number of sulfonamides is 1. The van der Waals surface area contributed by atoms with Gasteiger partial charge in [-0.1, -0.05) is 19.1 Å². The van der Waals surface area contributed by atoms with Crippen molar-refractivity contribution in [3.05, 3.63) is 30.1 Å². The molecule has 4 nitrogen and oxygen atoms in total. The summed E-state index contributed by atoms with van der Waals surface area (Å²) in [6.07, 6.45) is 2.05. The lowest BCUT2D eigenvalue weighted by Gasteiger charge is -2.32. The number of benzene rings is 1. The molecule has 1 aromatic carbocycles. The van der Waals surface area contributed by atoms with Crippen LogP contribution in [0.3, 0.4) is 0 Å². The Morgan fingerprint density at radius 1 is 1.30 bits per heavy atom. The number of rotatable bonds is 5. The highest BCUT2D eigenvalue weighted by atomic mass is 32.2. The van der Waals surface area contributed by atoms with Crippen LogP contribution in [-0.2, 0) is 10.0 Å². The minimum absolute atomic E-state index is 0.125. The van der Waals surface area contributed by atoms with E-state index in [0.717, 1.165) is 0 Å². The lowest BCUT2D eigenvalue weighted by atomic mass is 10.1. The Hall–Kier alpha value is -1.14. The van der Waals surface area contributed by atoms with Crippen molar-refractivity contribution in [2.75, 3.05) is 24.2 Å². The smallest absolute Gasteiger partial charge is 0.214 e. The summed E-state index contributed by atoms with van der Waals surface area (Å²) in [7, 11) is -3.11. The number of para-hydroxylation sites is 1. The van der Waals surface area contributed by atoms with E-state index in [9.17, 15) is 12.8 Å². The summed E-state index contributed by atoms with van der Waals surface area (Å²) in [5.74, 6) is -0.0631. The van der Waals surface area contributed by atoms with Crippen LogP contribution in [0.15, 0.2) is 24.3 Å². The minimum Gasteiger partial charge on any atom is -0.380 e. The molecule has 112 valence electrons. The molecule has 0 bridgehead atoms. The molecule has 20 heavy (non-hydrogen) atoms. The van der Waals surface area contributed by atoms with E-state index >= 15 is 0 Å². The first-order valence-corrected chi connectivity index (χ1v) is 8.62. The quantitative estimate of drug-likeness (QED) is 0.908. The van der Waals surface area contributed by atoms with Gasteiger partial charge >= 0.3 is 0 Å². The van der Waals surface area contributed by atoms with E-state index in [0.29, 0.717) is 38.0 Å². The fourth-order valence-electron chi connectivity index (χ4n) is 2.46. The van der Waals surface area contributed by atoms with Gasteiger partial charge in [-0.3, -0.25) is 0 Å². The van der Waals surface area contributed by atoms with E-state index in [1.54, 1.807) is 22.5 Å². The van der Waals surface area contributed by atoms with Gasteiger partial charge in [-0.2, -0.15) is 0 Å². The normalized spacial score (nSPS) is 18.1. The first kappa shape index (κ1) is 15.3. The molecule has 0 radical (unpaired) electrons. The second-order valence-corrected chi connectivity index (χ2v) is 7.20. The third-order valence-electron chi connectivity index (χ3n) is 3.54. The van der Waals surface area contributed by atoms with Crippen LogP contribution in [-0.4, -0.2) is 37.6 Å². The molecule has 6 heteroatoms. The van der Waals surface area contributed by atoms with E-state index < -0.39 is 10.0 Å². The van der Waals surface area contributed by atoms with Crippen LogP contribution in [0.2, 0.25) is 0 Å². The molecule has 1 fully saturated rings. The van der Waals surface area contributed by atoms with E-state index in [2.05, 4.69) is 5.32 Å². The van der Waals surface area contributed by atoms with Crippen molar-refractivity contribution in [2.45, 2.75) is 32.2 Å². The highest BCUT2D eigenvalue weighted by Gasteiger charge is 2.27. The SMILES string of the molecule is CCCS(=O)(=O)N1CCC(Nc2ccccc2F)CC1. The Kier molecular flexibility index (Phi) is 4.99. The molecule has 1 heterocycles. The van der Waals surface area contributed by atoms with Gasteiger partial charge in [0.2, 0.25) is 10.0 Å². The molecular weight excluding hydrogens is 279 g/mol. The van der Waals surface area contributed by atoms with Crippen molar-refractivity contribution < 1.29 is 12.8 Å². The van der Waals surface area contributed by atoms with Crippen molar-refractivity contribution in [2.24, 2.45) is 0 Å². The molecule has 1 aromatic rings. The van der Waals surface area contributed by atoms with Gasteiger partial charge in [0, 0.05) is 19.1 Å². The molecule has 0 saturated carbocycles. The summed E-state index contributed by atoms with van der Waals surface area (Å²) in [5, 5.41) is 3.16. The average molecular weight is 300 g/mol. The Labute approximate surface area is 120 Å². The maximum Gasteiger partial charge on any atom is 0.214 e. The number of halogens is 1. The highest BCUT2D eigenvalue weighted by Crippen LogP contribution is 2.20. The van der Waals surface area contributed by atoms with Crippen LogP contribution < -0.4 is 5.32 Å². The van der Waals surface area contributed by atoms with Gasteiger partial charge in [-0.05, 0) is 31.4 Å². The molecule has 2 rings (SSSR count). The summed E-state index contributed by atoms with van der Waals surface area (Å²) < 4.78 is 39.0. The molecule has 0 spiro atoms. The van der Waals surface area contributed by atoms with Crippen LogP contribution in [0.4, 0.5) is 10.1 Å².